The summed E-state index contributed by atoms with van der Waals surface area (Å²) >= 11 is 1.52. The van der Waals surface area contributed by atoms with Gasteiger partial charge in [-0.25, -0.2) is 4.31 Å². The van der Waals surface area contributed by atoms with Crippen LogP contribution in [0.1, 0.15) is 80.6 Å². The number of nitrogens with zero attached hydrogens (tertiary/aromatic N) is 1. The van der Waals surface area contributed by atoms with Crippen LogP contribution in [-0.4, -0.2) is 41.7 Å². The van der Waals surface area contributed by atoms with Gasteiger partial charge >= 0.3 is 0 Å². The predicted molar refractivity (Wildman–Crippen MR) is 150 cm³/mol. The van der Waals surface area contributed by atoms with Crippen LogP contribution in [0.5, 0.6) is 0 Å². The molecule has 1 aliphatic rings. The highest BCUT2D eigenvalue weighted by molar-refractivity contribution is 7.97. The van der Waals surface area contributed by atoms with E-state index in [1.54, 1.807) is 0 Å². The normalized spacial score (nSPS) is 24.3. The summed E-state index contributed by atoms with van der Waals surface area (Å²) in [5.41, 5.74) is 11.4. The van der Waals surface area contributed by atoms with Crippen molar-refractivity contribution in [3.05, 3.63) is 24.3 Å². The maximum Gasteiger partial charge on any atom is 0.223 e. The van der Waals surface area contributed by atoms with E-state index in [0.717, 1.165) is 42.2 Å². The molecule has 0 radical (unpaired) electrons. The van der Waals surface area contributed by atoms with Gasteiger partial charge < -0.3 is 21.6 Å². The third-order valence-corrected chi connectivity index (χ3v) is 9.30. The number of nitrogens with two attached hydrogens (primary N) is 2. The fourth-order valence-corrected chi connectivity index (χ4v) is 6.26. The molecule has 6 nitrogen and oxygen atoms in total. The SMILES string of the molecule is CCC1CC(CC(C)(CC)C(N)=O)CC(C)C1NC.CCN(Sc1ccccc1N)C(C)(C)C=O. The molecule has 1 amide bonds. The lowest BCUT2D eigenvalue weighted by Crippen LogP contribution is -2.45. The lowest BCUT2D eigenvalue weighted by molar-refractivity contribution is -0.128. The average molecular weight is 507 g/mol. The molecule has 1 aliphatic carbocycles. The standard InChI is InChI=1S/C16H32N2O.C12H18N2OS/c1-6-13-9-12(8-11(3)14(13)18-5)10-16(4,7-2)15(17)19;1-4-14(12(2,3)9-15)16-11-8-6-5-7-10(11)13/h11-14,18H,6-10H2,1-5H3,(H2,17,19);5-9H,4,13H2,1-3H3. The van der Waals surface area contributed by atoms with Crippen molar-refractivity contribution in [3.63, 3.8) is 0 Å². The van der Waals surface area contributed by atoms with Gasteiger partial charge in [0, 0.05) is 28.6 Å². The largest absolute Gasteiger partial charge is 0.398 e. The smallest absolute Gasteiger partial charge is 0.223 e. The van der Waals surface area contributed by atoms with Crippen molar-refractivity contribution < 1.29 is 9.59 Å². The topological polar surface area (TPSA) is 101 Å². The second kappa shape index (κ2) is 14.2. The van der Waals surface area contributed by atoms with Crippen molar-refractivity contribution in [1.82, 2.24) is 9.62 Å². The van der Waals surface area contributed by atoms with E-state index in [1.165, 1.54) is 31.2 Å². The fraction of sp³-hybridized carbons (Fsp3) is 0.714. The minimum Gasteiger partial charge on any atom is -0.398 e. The Hall–Kier alpha value is -1.57. The maximum absolute atomic E-state index is 11.7. The van der Waals surface area contributed by atoms with Crippen molar-refractivity contribution in [2.75, 3.05) is 19.3 Å². The van der Waals surface area contributed by atoms with Crippen LogP contribution in [0.25, 0.3) is 0 Å². The molecule has 7 heteroatoms. The first-order valence-corrected chi connectivity index (χ1v) is 13.9. The molecule has 0 saturated heterocycles. The van der Waals surface area contributed by atoms with E-state index in [0.29, 0.717) is 17.9 Å². The van der Waals surface area contributed by atoms with Crippen LogP contribution in [0.3, 0.4) is 0 Å². The number of anilines is 1. The quantitative estimate of drug-likeness (QED) is 0.208. The Morgan fingerprint density at radius 3 is 2.29 bits per heavy atom. The fourth-order valence-electron chi connectivity index (χ4n) is 5.30. The third kappa shape index (κ3) is 8.80. The molecule has 2 rings (SSSR count). The lowest BCUT2D eigenvalue weighted by Gasteiger charge is -2.42. The van der Waals surface area contributed by atoms with Crippen molar-refractivity contribution in [1.29, 1.82) is 0 Å². The third-order valence-electron chi connectivity index (χ3n) is 7.78. The number of carbonyl (C=O) groups is 2. The summed E-state index contributed by atoms with van der Waals surface area (Å²) in [6.45, 7) is 15.3. The summed E-state index contributed by atoms with van der Waals surface area (Å²) in [6, 6.07) is 8.30. The molecule has 1 aromatic carbocycles. The number of benzene rings is 1. The summed E-state index contributed by atoms with van der Waals surface area (Å²) in [6.07, 6.45) is 6.42. The first-order chi connectivity index (χ1) is 16.4. The van der Waals surface area contributed by atoms with Gasteiger partial charge in [0.2, 0.25) is 5.91 Å². The van der Waals surface area contributed by atoms with Gasteiger partial charge in [-0.2, -0.15) is 0 Å². The molecule has 0 aliphatic heterocycles. The molecule has 1 aromatic rings. The molecule has 0 bridgehead atoms. The number of hydrogen-bond acceptors (Lipinski definition) is 6. The maximum atomic E-state index is 11.7. The van der Waals surface area contributed by atoms with Crippen molar-refractivity contribution in [2.24, 2.45) is 28.9 Å². The van der Waals surface area contributed by atoms with Gasteiger partial charge in [0.05, 0.1) is 5.54 Å². The lowest BCUT2D eigenvalue weighted by atomic mass is 9.66. The van der Waals surface area contributed by atoms with Crippen LogP contribution in [-0.2, 0) is 9.59 Å². The zero-order valence-electron chi connectivity index (χ0n) is 23.3. The van der Waals surface area contributed by atoms with E-state index in [9.17, 15) is 9.59 Å². The van der Waals surface area contributed by atoms with Crippen molar-refractivity contribution in [3.8, 4) is 0 Å². The minimum absolute atomic E-state index is 0.133. The first-order valence-electron chi connectivity index (χ1n) is 13.1. The molecule has 5 unspecified atom stereocenters. The number of nitrogens with one attached hydrogen (secondary N) is 1. The van der Waals surface area contributed by atoms with Crippen molar-refractivity contribution >= 4 is 29.8 Å². The van der Waals surface area contributed by atoms with Crippen LogP contribution in [0, 0.1) is 23.2 Å². The Morgan fingerprint density at radius 1 is 1.20 bits per heavy atom. The zero-order valence-corrected chi connectivity index (χ0v) is 24.1. The highest BCUT2D eigenvalue weighted by Crippen LogP contribution is 2.42. The predicted octanol–water partition coefficient (Wildman–Crippen LogP) is 5.51. The number of primary amides is 1. The van der Waals surface area contributed by atoms with Gasteiger partial charge in [0.15, 0.2) is 0 Å². The summed E-state index contributed by atoms with van der Waals surface area (Å²) in [5, 5.41) is 3.48. The summed E-state index contributed by atoms with van der Waals surface area (Å²) in [7, 11) is 2.07. The van der Waals surface area contributed by atoms with Crippen molar-refractivity contribution in [2.45, 2.75) is 97.0 Å². The molecular weight excluding hydrogens is 456 g/mol. The van der Waals surface area contributed by atoms with Gasteiger partial charge in [0.1, 0.15) is 6.29 Å². The average Bonchev–Trinajstić information content (AvgIpc) is 2.83. The van der Waals surface area contributed by atoms with Crippen LogP contribution in [0.2, 0.25) is 0 Å². The Bertz CT molecular complexity index is 803. The Morgan fingerprint density at radius 2 is 1.83 bits per heavy atom. The summed E-state index contributed by atoms with van der Waals surface area (Å²) < 4.78 is 2.02. The molecule has 5 atom stereocenters. The Balaban J connectivity index is 0.000000355. The molecule has 5 N–H and O–H groups in total. The molecule has 0 spiro atoms. The second-order valence-corrected chi connectivity index (χ2v) is 11.9. The van der Waals surface area contributed by atoms with E-state index in [-0.39, 0.29) is 11.3 Å². The molecule has 1 saturated carbocycles. The molecule has 1 fully saturated rings. The molecule has 200 valence electrons. The number of rotatable bonds is 11. The number of likely N-dealkylation sites (N-methyl/N-ethyl adjacent to an activating group) is 1. The highest BCUT2D eigenvalue weighted by Gasteiger charge is 2.38. The Kier molecular flexibility index (Phi) is 12.8. The monoisotopic (exact) mass is 506 g/mol. The van der Waals surface area contributed by atoms with Crippen LogP contribution in [0.4, 0.5) is 5.69 Å². The van der Waals surface area contributed by atoms with Crippen LogP contribution in [0.15, 0.2) is 29.2 Å². The molecule has 0 aromatic heterocycles. The van der Waals surface area contributed by atoms with Crippen LogP contribution < -0.4 is 16.8 Å². The van der Waals surface area contributed by atoms with Gasteiger partial charge in [-0.05, 0) is 88.4 Å². The van der Waals surface area contributed by atoms with E-state index in [1.807, 2.05) is 56.3 Å². The number of carbonyl (C=O) groups excluding carboxylic acids is 2. The number of amides is 1. The van der Waals surface area contributed by atoms with E-state index in [4.69, 9.17) is 11.5 Å². The van der Waals surface area contributed by atoms with E-state index in [2.05, 4.69) is 33.1 Å². The molecule has 35 heavy (non-hydrogen) atoms. The van der Waals surface area contributed by atoms with Crippen LogP contribution >= 0.6 is 11.9 Å². The van der Waals surface area contributed by atoms with Gasteiger partial charge in [-0.1, -0.05) is 53.2 Å². The van der Waals surface area contributed by atoms with Gasteiger partial charge in [-0.3, -0.25) is 4.79 Å². The number of hydrogen-bond donors (Lipinski definition) is 3. The zero-order chi connectivity index (χ0) is 26.8. The highest BCUT2D eigenvalue weighted by atomic mass is 32.2. The number of aldehydes is 1. The summed E-state index contributed by atoms with van der Waals surface area (Å²) in [5.74, 6) is 1.92. The number of para-hydroxylation sites is 1. The van der Waals surface area contributed by atoms with Gasteiger partial charge in [-0.15, -0.1) is 0 Å². The first kappa shape index (κ1) is 31.5. The second-order valence-electron chi connectivity index (χ2n) is 10.9. The van der Waals surface area contributed by atoms with Gasteiger partial charge in [0.25, 0.3) is 0 Å². The van der Waals surface area contributed by atoms with E-state index >= 15 is 0 Å². The minimum atomic E-state index is -0.484. The number of nitrogen functional groups attached to an aromatic ring is 1. The molecular formula is C28H50N4O2S. The van der Waals surface area contributed by atoms with E-state index < -0.39 is 5.54 Å². The molecule has 0 heterocycles. The summed E-state index contributed by atoms with van der Waals surface area (Å²) in [4.78, 5) is 23.7. The Labute approximate surface area is 218 Å².